The standard InChI is InChI=1S/C14H22F2N2O3/c1-2-10-13(19)17-6-4-3-5-11(17)14(20)18(10)7-8-21-9-12(15)16/h10-12H,2-9H2,1H3. The second-order valence-corrected chi connectivity index (χ2v) is 5.46. The van der Waals surface area contributed by atoms with Crippen molar-refractivity contribution in [1.29, 1.82) is 0 Å². The molecule has 2 rings (SSSR count). The Kier molecular flexibility index (Phi) is 5.50. The molecule has 0 bridgehead atoms. The van der Waals surface area contributed by atoms with Crippen molar-refractivity contribution in [3.05, 3.63) is 0 Å². The molecule has 0 radical (unpaired) electrons. The number of ether oxygens (including phenoxy) is 1. The lowest BCUT2D eigenvalue weighted by Crippen LogP contribution is -2.66. The van der Waals surface area contributed by atoms with E-state index in [4.69, 9.17) is 4.74 Å². The minimum Gasteiger partial charge on any atom is -0.374 e. The molecule has 2 fully saturated rings. The molecule has 2 amide bonds. The molecule has 2 atom stereocenters. The third-order valence-corrected chi connectivity index (χ3v) is 4.12. The van der Waals surface area contributed by atoms with Crippen LogP contribution in [0.3, 0.4) is 0 Å². The Labute approximate surface area is 123 Å². The largest absolute Gasteiger partial charge is 0.374 e. The fourth-order valence-corrected chi connectivity index (χ4v) is 3.12. The lowest BCUT2D eigenvalue weighted by atomic mass is 9.94. The van der Waals surface area contributed by atoms with E-state index in [-0.39, 0.29) is 31.0 Å². The van der Waals surface area contributed by atoms with Gasteiger partial charge in [0.2, 0.25) is 11.8 Å². The number of carbonyl (C=O) groups excluding carboxylic acids is 2. The van der Waals surface area contributed by atoms with Gasteiger partial charge in [-0.25, -0.2) is 8.78 Å². The predicted octanol–water partition coefficient (Wildman–Crippen LogP) is 1.27. The van der Waals surface area contributed by atoms with Crippen LogP contribution < -0.4 is 0 Å². The second kappa shape index (κ2) is 7.15. The van der Waals surface area contributed by atoms with Crippen LogP contribution >= 0.6 is 0 Å². The summed E-state index contributed by atoms with van der Waals surface area (Å²) in [7, 11) is 0. The first kappa shape index (κ1) is 16.1. The molecule has 2 aliphatic heterocycles. The monoisotopic (exact) mass is 304 g/mol. The highest BCUT2D eigenvalue weighted by Crippen LogP contribution is 2.27. The van der Waals surface area contributed by atoms with Gasteiger partial charge in [-0.15, -0.1) is 0 Å². The van der Waals surface area contributed by atoms with Gasteiger partial charge in [0, 0.05) is 13.1 Å². The molecule has 0 aromatic heterocycles. The smallest absolute Gasteiger partial charge is 0.261 e. The quantitative estimate of drug-likeness (QED) is 0.694. The van der Waals surface area contributed by atoms with E-state index in [0.29, 0.717) is 19.4 Å². The molecule has 0 spiro atoms. The van der Waals surface area contributed by atoms with Crippen LogP contribution in [0.1, 0.15) is 32.6 Å². The number of hydrogen-bond acceptors (Lipinski definition) is 3. The lowest BCUT2D eigenvalue weighted by molar-refractivity contribution is -0.164. The Bertz CT molecular complexity index is 392. The fourth-order valence-electron chi connectivity index (χ4n) is 3.12. The zero-order chi connectivity index (χ0) is 15.4. The summed E-state index contributed by atoms with van der Waals surface area (Å²) < 4.78 is 28.9. The van der Waals surface area contributed by atoms with Gasteiger partial charge in [-0.1, -0.05) is 6.92 Å². The molecule has 0 saturated carbocycles. The number of fused-ring (bicyclic) bond motifs is 1. The van der Waals surface area contributed by atoms with Gasteiger partial charge in [-0.05, 0) is 25.7 Å². The molecular weight excluding hydrogens is 282 g/mol. The minimum absolute atomic E-state index is 0.0179. The predicted molar refractivity (Wildman–Crippen MR) is 72.0 cm³/mol. The van der Waals surface area contributed by atoms with Crippen LogP contribution in [0, 0.1) is 0 Å². The van der Waals surface area contributed by atoms with Gasteiger partial charge in [0.05, 0.1) is 6.61 Å². The molecule has 0 aliphatic carbocycles. The number of carbonyl (C=O) groups is 2. The van der Waals surface area contributed by atoms with Crippen molar-refractivity contribution in [1.82, 2.24) is 9.80 Å². The molecule has 0 aromatic carbocycles. The third kappa shape index (κ3) is 3.51. The van der Waals surface area contributed by atoms with Crippen LogP contribution in [0.5, 0.6) is 0 Å². The topological polar surface area (TPSA) is 49.9 Å². The lowest BCUT2D eigenvalue weighted by Gasteiger charge is -2.46. The number of halogens is 2. The third-order valence-electron chi connectivity index (χ3n) is 4.12. The van der Waals surface area contributed by atoms with Crippen molar-refractivity contribution >= 4 is 11.8 Å². The highest BCUT2D eigenvalue weighted by molar-refractivity contribution is 5.97. The summed E-state index contributed by atoms with van der Waals surface area (Å²) >= 11 is 0. The number of rotatable bonds is 6. The van der Waals surface area contributed by atoms with Crippen molar-refractivity contribution in [2.75, 3.05) is 26.3 Å². The van der Waals surface area contributed by atoms with E-state index in [1.54, 1.807) is 4.90 Å². The van der Waals surface area contributed by atoms with E-state index in [1.807, 2.05) is 6.92 Å². The highest BCUT2D eigenvalue weighted by Gasteiger charge is 2.45. The second-order valence-electron chi connectivity index (χ2n) is 5.46. The normalized spacial score (nSPS) is 26.5. The maximum Gasteiger partial charge on any atom is 0.261 e. The van der Waals surface area contributed by atoms with E-state index >= 15 is 0 Å². The minimum atomic E-state index is -2.51. The van der Waals surface area contributed by atoms with Crippen molar-refractivity contribution in [2.45, 2.75) is 51.1 Å². The number of piperazine rings is 1. The Morgan fingerprint density at radius 3 is 2.71 bits per heavy atom. The molecule has 21 heavy (non-hydrogen) atoms. The molecule has 2 aliphatic rings. The van der Waals surface area contributed by atoms with E-state index in [2.05, 4.69) is 0 Å². The van der Waals surface area contributed by atoms with Gasteiger partial charge in [0.15, 0.2) is 0 Å². The van der Waals surface area contributed by atoms with Gasteiger partial charge >= 0.3 is 0 Å². The first-order valence-corrected chi connectivity index (χ1v) is 7.53. The summed E-state index contributed by atoms with van der Waals surface area (Å²) in [6.45, 7) is 2.09. The summed E-state index contributed by atoms with van der Waals surface area (Å²) in [6.07, 6.45) is 0.577. The summed E-state index contributed by atoms with van der Waals surface area (Å²) in [5, 5.41) is 0. The number of alkyl halides is 2. The van der Waals surface area contributed by atoms with E-state index in [9.17, 15) is 18.4 Å². The van der Waals surface area contributed by atoms with Gasteiger partial charge < -0.3 is 14.5 Å². The van der Waals surface area contributed by atoms with Gasteiger partial charge in [0.25, 0.3) is 6.43 Å². The Morgan fingerprint density at radius 1 is 1.29 bits per heavy atom. The van der Waals surface area contributed by atoms with Crippen LogP contribution in [0.25, 0.3) is 0 Å². The van der Waals surface area contributed by atoms with Crippen LogP contribution in [0.15, 0.2) is 0 Å². The molecular formula is C14H22F2N2O3. The van der Waals surface area contributed by atoms with Gasteiger partial charge in [-0.2, -0.15) is 0 Å². The molecule has 7 heteroatoms. The Balaban J connectivity index is 2.00. The molecule has 0 aromatic rings. The number of nitrogens with zero attached hydrogens (tertiary/aromatic N) is 2. The van der Waals surface area contributed by atoms with Crippen molar-refractivity contribution < 1.29 is 23.1 Å². The summed E-state index contributed by atoms with van der Waals surface area (Å²) in [5.74, 6) is -0.0857. The van der Waals surface area contributed by atoms with Gasteiger partial charge in [0.1, 0.15) is 18.7 Å². The SMILES string of the molecule is CCC1C(=O)N2CCCCC2C(=O)N1CCOCC(F)F. The van der Waals surface area contributed by atoms with Crippen LogP contribution in [0.2, 0.25) is 0 Å². The average molecular weight is 304 g/mol. The first-order chi connectivity index (χ1) is 10.1. The average Bonchev–Trinajstić information content (AvgIpc) is 2.48. The zero-order valence-corrected chi connectivity index (χ0v) is 12.3. The molecule has 2 unspecified atom stereocenters. The van der Waals surface area contributed by atoms with E-state index in [1.165, 1.54) is 4.90 Å². The van der Waals surface area contributed by atoms with Crippen LogP contribution in [-0.2, 0) is 14.3 Å². The van der Waals surface area contributed by atoms with Crippen LogP contribution in [-0.4, -0.2) is 66.4 Å². The maximum atomic E-state index is 12.5. The molecule has 120 valence electrons. The van der Waals surface area contributed by atoms with Gasteiger partial charge in [-0.3, -0.25) is 9.59 Å². The molecule has 0 N–H and O–H groups in total. The van der Waals surface area contributed by atoms with E-state index < -0.39 is 19.1 Å². The van der Waals surface area contributed by atoms with Crippen LogP contribution in [0.4, 0.5) is 8.78 Å². The number of amides is 2. The van der Waals surface area contributed by atoms with Crippen molar-refractivity contribution in [3.8, 4) is 0 Å². The van der Waals surface area contributed by atoms with E-state index in [0.717, 1.165) is 12.8 Å². The molecule has 5 nitrogen and oxygen atoms in total. The summed E-state index contributed by atoms with van der Waals surface area (Å²) in [5.41, 5.74) is 0. The number of piperidine rings is 1. The molecule has 2 saturated heterocycles. The Morgan fingerprint density at radius 2 is 2.05 bits per heavy atom. The summed E-state index contributed by atoms with van der Waals surface area (Å²) in [6, 6.07) is -0.855. The fraction of sp³-hybridized carbons (Fsp3) is 0.857. The highest BCUT2D eigenvalue weighted by atomic mass is 19.3. The zero-order valence-electron chi connectivity index (χ0n) is 12.3. The van der Waals surface area contributed by atoms with Crippen molar-refractivity contribution in [3.63, 3.8) is 0 Å². The summed E-state index contributed by atoms with van der Waals surface area (Å²) in [4.78, 5) is 28.2. The molecule has 2 heterocycles. The first-order valence-electron chi connectivity index (χ1n) is 7.53. The Hall–Kier alpha value is -1.24. The number of hydrogen-bond donors (Lipinski definition) is 0. The maximum absolute atomic E-state index is 12.5. The van der Waals surface area contributed by atoms with Crippen molar-refractivity contribution in [2.24, 2.45) is 0 Å².